The Hall–Kier alpha value is -2.46. The number of nitrogen functional groups attached to an aromatic ring is 2. The Morgan fingerprint density at radius 3 is 2.08 bits per heavy atom. The van der Waals surface area contributed by atoms with E-state index >= 15 is 0 Å². The van der Waals surface area contributed by atoms with Crippen LogP contribution in [0.2, 0.25) is 0 Å². The van der Waals surface area contributed by atoms with E-state index in [0.717, 1.165) is 22.4 Å². The molecule has 4 N–H and O–H groups in total. The third kappa shape index (κ3) is 3.54. The maximum atomic E-state index is 5.84. The summed E-state index contributed by atoms with van der Waals surface area (Å²) in [4.78, 5) is 2.20. The van der Waals surface area contributed by atoms with Crippen LogP contribution in [-0.4, -0.2) is 7.05 Å². The molecule has 3 nitrogen and oxygen atoms in total. The lowest BCUT2D eigenvalue weighted by Crippen LogP contribution is -2.21. The maximum absolute atomic E-state index is 5.84. The number of hydrogen-bond acceptors (Lipinski definition) is 3. The van der Waals surface area contributed by atoms with Crippen LogP contribution in [0.5, 0.6) is 0 Å². The number of rotatable bonds is 0. The second-order valence-corrected chi connectivity index (χ2v) is 6.76. The number of anilines is 3. The van der Waals surface area contributed by atoms with Crippen molar-refractivity contribution < 1.29 is 0 Å². The zero-order chi connectivity index (χ0) is 17.1. The van der Waals surface area contributed by atoms with Crippen molar-refractivity contribution in [3.05, 3.63) is 76.8 Å². The average Bonchev–Trinajstić information content (AvgIpc) is 2.56. The van der Waals surface area contributed by atoms with Gasteiger partial charge in [0.05, 0.1) is 0 Å². The minimum atomic E-state index is 0.800. The molecular weight excluding hydrogens is 362 g/mol. The van der Waals surface area contributed by atoms with E-state index < -0.39 is 0 Å². The molecule has 24 heavy (non-hydrogen) atoms. The van der Waals surface area contributed by atoms with Gasteiger partial charge in [0.25, 0.3) is 0 Å². The van der Waals surface area contributed by atoms with Crippen LogP contribution in [0.4, 0.5) is 17.1 Å². The molecule has 0 radical (unpaired) electrons. The van der Waals surface area contributed by atoms with Crippen molar-refractivity contribution in [1.29, 1.82) is 0 Å². The van der Waals surface area contributed by atoms with Crippen molar-refractivity contribution in [2.45, 2.75) is 6.54 Å². The number of hydrogen-bond donors (Lipinski definition) is 2. The minimum Gasteiger partial charge on any atom is -0.399 e. The highest BCUT2D eigenvalue weighted by atomic mass is 79.9. The lowest BCUT2D eigenvalue weighted by molar-refractivity contribution is 0.911. The molecular formula is C20H20BrN3. The SMILES string of the molecule is Brc1ccccc1.CN1Cc2cc(N)ccc2-c2ccc(N)cc21. The largest absolute Gasteiger partial charge is 0.399 e. The highest BCUT2D eigenvalue weighted by Crippen LogP contribution is 2.39. The molecule has 4 rings (SSSR count). The highest BCUT2D eigenvalue weighted by Gasteiger charge is 2.19. The van der Waals surface area contributed by atoms with Gasteiger partial charge in [-0.2, -0.15) is 0 Å². The number of nitrogens with zero attached hydrogens (tertiary/aromatic N) is 1. The molecule has 3 aromatic carbocycles. The fourth-order valence-electron chi connectivity index (χ4n) is 2.85. The van der Waals surface area contributed by atoms with Crippen molar-refractivity contribution >= 4 is 33.0 Å². The van der Waals surface area contributed by atoms with Gasteiger partial charge in [-0.05, 0) is 47.5 Å². The van der Waals surface area contributed by atoms with E-state index in [4.69, 9.17) is 11.5 Å². The highest BCUT2D eigenvalue weighted by molar-refractivity contribution is 9.10. The quantitative estimate of drug-likeness (QED) is 0.543. The fourth-order valence-corrected chi connectivity index (χ4v) is 3.16. The molecule has 0 aromatic heterocycles. The summed E-state index contributed by atoms with van der Waals surface area (Å²) in [5.41, 5.74) is 18.2. The summed E-state index contributed by atoms with van der Waals surface area (Å²) in [6, 6.07) is 22.1. The number of benzene rings is 3. The standard InChI is InChI=1S/C14H15N3.C6H5Br/c1-17-8-9-6-10(15)2-4-12(9)13-5-3-11(16)7-14(13)17;7-6-4-2-1-3-5-6/h2-7H,8,15-16H2,1H3;1-5H. The Balaban J connectivity index is 0.000000203. The maximum Gasteiger partial charge on any atom is 0.0467 e. The second-order valence-electron chi connectivity index (χ2n) is 5.84. The van der Waals surface area contributed by atoms with E-state index in [2.05, 4.69) is 40.0 Å². The van der Waals surface area contributed by atoms with E-state index in [9.17, 15) is 0 Å². The summed E-state index contributed by atoms with van der Waals surface area (Å²) in [6.07, 6.45) is 0. The topological polar surface area (TPSA) is 55.3 Å². The Morgan fingerprint density at radius 2 is 1.46 bits per heavy atom. The van der Waals surface area contributed by atoms with Gasteiger partial charge in [-0.25, -0.2) is 0 Å². The van der Waals surface area contributed by atoms with E-state index in [1.807, 2.05) is 54.6 Å². The molecule has 1 aliphatic rings. The molecule has 0 amide bonds. The molecule has 4 heteroatoms. The van der Waals surface area contributed by atoms with Gasteiger partial charge in [0.2, 0.25) is 0 Å². The first-order valence-electron chi connectivity index (χ1n) is 7.74. The Labute approximate surface area is 151 Å². The van der Waals surface area contributed by atoms with Gasteiger partial charge in [0.15, 0.2) is 0 Å². The van der Waals surface area contributed by atoms with Gasteiger partial charge < -0.3 is 16.4 Å². The van der Waals surface area contributed by atoms with Crippen molar-refractivity contribution in [2.75, 3.05) is 23.4 Å². The Bertz CT molecular complexity index is 847. The van der Waals surface area contributed by atoms with Crippen LogP contribution in [-0.2, 0) is 6.54 Å². The van der Waals surface area contributed by atoms with Crippen LogP contribution in [0.1, 0.15) is 5.56 Å². The first kappa shape index (κ1) is 16.4. The summed E-state index contributed by atoms with van der Waals surface area (Å²) >= 11 is 3.31. The third-order valence-electron chi connectivity index (χ3n) is 3.99. The summed E-state index contributed by atoms with van der Waals surface area (Å²) in [5.74, 6) is 0. The molecule has 0 aliphatic carbocycles. The zero-order valence-electron chi connectivity index (χ0n) is 13.5. The molecule has 122 valence electrons. The molecule has 3 aromatic rings. The normalized spacial score (nSPS) is 11.8. The molecule has 0 saturated carbocycles. The molecule has 1 aliphatic heterocycles. The summed E-state index contributed by atoms with van der Waals surface area (Å²) < 4.78 is 1.13. The van der Waals surface area contributed by atoms with Crippen LogP contribution in [0.3, 0.4) is 0 Å². The van der Waals surface area contributed by atoms with Crippen LogP contribution < -0.4 is 16.4 Å². The van der Waals surface area contributed by atoms with Crippen molar-refractivity contribution in [3.8, 4) is 11.1 Å². The van der Waals surface area contributed by atoms with E-state index in [1.54, 1.807) is 0 Å². The number of fused-ring (bicyclic) bond motifs is 3. The van der Waals surface area contributed by atoms with Gasteiger partial charge in [0, 0.05) is 40.7 Å². The zero-order valence-corrected chi connectivity index (χ0v) is 15.1. The Morgan fingerprint density at radius 1 is 0.833 bits per heavy atom. The van der Waals surface area contributed by atoms with E-state index in [-0.39, 0.29) is 0 Å². The molecule has 0 bridgehead atoms. The molecule has 1 heterocycles. The summed E-state index contributed by atoms with van der Waals surface area (Å²) in [6.45, 7) is 0.872. The summed E-state index contributed by atoms with van der Waals surface area (Å²) in [7, 11) is 2.07. The average molecular weight is 382 g/mol. The smallest absolute Gasteiger partial charge is 0.0467 e. The minimum absolute atomic E-state index is 0.800. The lowest BCUT2D eigenvalue weighted by atomic mass is 9.93. The molecule has 0 atom stereocenters. The third-order valence-corrected chi connectivity index (χ3v) is 4.52. The van der Waals surface area contributed by atoms with Crippen LogP contribution in [0, 0.1) is 0 Å². The second kappa shape index (κ2) is 6.97. The van der Waals surface area contributed by atoms with Gasteiger partial charge in [0.1, 0.15) is 0 Å². The lowest BCUT2D eigenvalue weighted by Gasteiger charge is -2.30. The Kier molecular flexibility index (Phi) is 4.76. The predicted octanol–water partition coefficient (Wildman–Crippen LogP) is 4.92. The van der Waals surface area contributed by atoms with Gasteiger partial charge in [-0.15, -0.1) is 0 Å². The summed E-state index contributed by atoms with van der Waals surface area (Å²) in [5, 5.41) is 0. The van der Waals surface area contributed by atoms with Gasteiger partial charge in [-0.3, -0.25) is 0 Å². The number of nitrogens with two attached hydrogens (primary N) is 2. The molecule has 0 unspecified atom stereocenters. The predicted molar refractivity (Wildman–Crippen MR) is 107 cm³/mol. The van der Waals surface area contributed by atoms with Gasteiger partial charge in [-0.1, -0.05) is 46.3 Å². The first-order valence-corrected chi connectivity index (χ1v) is 8.54. The van der Waals surface area contributed by atoms with Gasteiger partial charge >= 0.3 is 0 Å². The van der Waals surface area contributed by atoms with Crippen molar-refractivity contribution in [1.82, 2.24) is 0 Å². The van der Waals surface area contributed by atoms with Crippen LogP contribution >= 0.6 is 15.9 Å². The van der Waals surface area contributed by atoms with Crippen molar-refractivity contribution in [3.63, 3.8) is 0 Å². The van der Waals surface area contributed by atoms with Crippen molar-refractivity contribution in [2.24, 2.45) is 0 Å². The fraction of sp³-hybridized carbons (Fsp3) is 0.100. The van der Waals surface area contributed by atoms with E-state index in [0.29, 0.717) is 0 Å². The monoisotopic (exact) mass is 381 g/mol. The van der Waals surface area contributed by atoms with Crippen LogP contribution in [0.25, 0.3) is 11.1 Å². The molecule has 0 spiro atoms. The van der Waals surface area contributed by atoms with Crippen LogP contribution in [0.15, 0.2) is 71.2 Å². The molecule has 0 saturated heterocycles. The van der Waals surface area contributed by atoms with E-state index in [1.165, 1.54) is 22.4 Å². The number of halogens is 1. The molecule has 0 fully saturated rings. The first-order chi connectivity index (χ1) is 11.5.